The fraction of sp³-hybridized carbons (Fsp3) is 0.353. The van der Waals surface area contributed by atoms with Crippen LogP contribution >= 0.6 is 0 Å². The quantitative estimate of drug-likeness (QED) is 0.791. The average Bonchev–Trinajstić information content (AvgIpc) is 2.48. The van der Waals surface area contributed by atoms with Gasteiger partial charge in [-0.15, -0.1) is 0 Å². The Balaban J connectivity index is 2.05. The number of rotatable bonds is 5. The number of benzene rings is 1. The predicted molar refractivity (Wildman–Crippen MR) is 85.6 cm³/mol. The van der Waals surface area contributed by atoms with Crippen LogP contribution in [0.15, 0.2) is 47.7 Å². The smallest absolute Gasteiger partial charge is 0.342 e. The van der Waals surface area contributed by atoms with Crippen molar-refractivity contribution in [3.8, 4) is 5.75 Å². The molecule has 0 unspecified atom stereocenters. The molecule has 0 radical (unpaired) electrons. The molecular weight excluding hydrogens is 296 g/mol. The van der Waals surface area contributed by atoms with Gasteiger partial charge in [0.2, 0.25) is 0 Å². The van der Waals surface area contributed by atoms with E-state index in [9.17, 15) is 9.59 Å². The maximum Gasteiger partial charge on any atom is 0.342 e. The highest BCUT2D eigenvalue weighted by molar-refractivity contribution is 5.92. The molecule has 0 saturated carbocycles. The van der Waals surface area contributed by atoms with Gasteiger partial charge < -0.3 is 14.0 Å². The Morgan fingerprint density at radius 1 is 1.26 bits per heavy atom. The van der Waals surface area contributed by atoms with Crippen LogP contribution in [0.25, 0.3) is 0 Å². The normalized spacial score (nSPS) is 11.1. The third-order valence-electron chi connectivity index (χ3n) is 2.90. The molecule has 0 amide bonds. The molecule has 0 N–H and O–H groups in total. The Hall–Kier alpha value is -2.63. The zero-order chi connectivity index (χ0) is 16.9. The van der Waals surface area contributed by atoms with E-state index < -0.39 is 11.6 Å². The van der Waals surface area contributed by atoms with Crippen LogP contribution in [0.2, 0.25) is 0 Å². The van der Waals surface area contributed by atoms with Crippen LogP contribution in [-0.4, -0.2) is 27.7 Å². The second kappa shape index (κ2) is 7.09. The fourth-order valence-electron chi connectivity index (χ4n) is 1.91. The highest BCUT2D eigenvalue weighted by atomic mass is 16.6. The van der Waals surface area contributed by atoms with E-state index >= 15 is 0 Å². The first-order chi connectivity index (χ1) is 10.9. The van der Waals surface area contributed by atoms with Crippen LogP contribution in [0.4, 0.5) is 0 Å². The third-order valence-corrected chi connectivity index (χ3v) is 2.90. The van der Waals surface area contributed by atoms with Crippen LogP contribution < -0.4 is 10.3 Å². The van der Waals surface area contributed by atoms with E-state index in [4.69, 9.17) is 9.47 Å². The maximum atomic E-state index is 12.2. The molecule has 0 aliphatic carbocycles. The Morgan fingerprint density at radius 2 is 2.00 bits per heavy atom. The van der Waals surface area contributed by atoms with E-state index in [0.29, 0.717) is 17.9 Å². The number of nitrogens with zero attached hydrogens (tertiary/aromatic N) is 2. The lowest BCUT2D eigenvalue weighted by Gasteiger charge is -2.20. The molecule has 0 aliphatic heterocycles. The number of carbonyl (C=O) groups is 1. The minimum absolute atomic E-state index is 0.198. The van der Waals surface area contributed by atoms with Crippen molar-refractivity contribution in [3.63, 3.8) is 0 Å². The molecule has 6 nitrogen and oxygen atoms in total. The van der Waals surface area contributed by atoms with Gasteiger partial charge in [0.25, 0.3) is 5.56 Å². The number of hydrogen-bond acceptors (Lipinski definition) is 5. The summed E-state index contributed by atoms with van der Waals surface area (Å²) in [4.78, 5) is 27.5. The van der Waals surface area contributed by atoms with Crippen LogP contribution in [-0.2, 0) is 11.3 Å². The molecule has 0 saturated heterocycles. The van der Waals surface area contributed by atoms with E-state index in [0.717, 1.165) is 0 Å². The van der Waals surface area contributed by atoms with Crippen molar-refractivity contribution in [1.82, 2.24) is 9.55 Å². The molecule has 23 heavy (non-hydrogen) atoms. The Morgan fingerprint density at radius 3 is 2.70 bits per heavy atom. The zero-order valence-electron chi connectivity index (χ0n) is 13.5. The van der Waals surface area contributed by atoms with Gasteiger partial charge in [-0.1, -0.05) is 12.1 Å². The van der Waals surface area contributed by atoms with E-state index in [-0.39, 0.29) is 12.2 Å². The summed E-state index contributed by atoms with van der Waals surface area (Å²) in [6, 6.07) is 6.89. The Bertz CT molecular complexity index is 732. The first kappa shape index (κ1) is 16.7. The molecule has 0 fully saturated rings. The molecule has 6 heteroatoms. The summed E-state index contributed by atoms with van der Waals surface area (Å²) in [7, 11) is 0. The lowest BCUT2D eigenvalue weighted by atomic mass is 10.1. The Kier molecular flexibility index (Phi) is 5.16. The highest BCUT2D eigenvalue weighted by Gasteiger charge is 2.20. The van der Waals surface area contributed by atoms with Crippen LogP contribution in [0, 0.1) is 0 Å². The molecule has 0 atom stereocenters. The van der Waals surface area contributed by atoms with E-state index in [2.05, 4.69) is 4.98 Å². The van der Waals surface area contributed by atoms with Crippen molar-refractivity contribution in [2.24, 2.45) is 0 Å². The second-order valence-electron chi connectivity index (χ2n) is 5.95. The van der Waals surface area contributed by atoms with Gasteiger partial charge in [-0.3, -0.25) is 9.78 Å². The van der Waals surface area contributed by atoms with E-state index in [1.54, 1.807) is 30.5 Å². The van der Waals surface area contributed by atoms with Gasteiger partial charge in [-0.05, 0) is 32.9 Å². The van der Waals surface area contributed by atoms with Gasteiger partial charge in [0, 0.05) is 12.4 Å². The van der Waals surface area contributed by atoms with Crippen LogP contribution in [0.3, 0.4) is 0 Å². The topological polar surface area (TPSA) is 70.4 Å². The summed E-state index contributed by atoms with van der Waals surface area (Å²) < 4.78 is 12.5. The first-order valence-corrected chi connectivity index (χ1v) is 7.32. The molecular formula is C17H20N2O4. The minimum atomic E-state index is -0.575. The van der Waals surface area contributed by atoms with Gasteiger partial charge in [0.15, 0.2) is 0 Å². The molecule has 122 valence electrons. The number of ether oxygens (including phenoxy) is 2. The molecule has 0 aliphatic rings. The second-order valence-corrected chi connectivity index (χ2v) is 5.95. The SMILES string of the molecule is CC(C)(C)OC(=O)c1ccccc1OCCn1ccncc1=O. The summed E-state index contributed by atoms with van der Waals surface area (Å²) >= 11 is 0. The predicted octanol–water partition coefficient (Wildman–Crippen LogP) is 2.28. The van der Waals surface area contributed by atoms with Crippen molar-refractivity contribution in [3.05, 3.63) is 58.8 Å². The number of carbonyl (C=O) groups excluding carboxylic acids is 1. The standard InChI is InChI=1S/C17H20N2O4/c1-17(2,3)23-16(21)13-6-4-5-7-14(13)22-11-10-19-9-8-18-12-15(19)20/h4-9,12H,10-11H2,1-3H3. The van der Waals surface area contributed by atoms with Gasteiger partial charge >= 0.3 is 5.97 Å². The summed E-state index contributed by atoms with van der Waals surface area (Å²) in [6.07, 6.45) is 4.37. The molecule has 2 aromatic rings. The maximum absolute atomic E-state index is 12.2. The monoisotopic (exact) mass is 316 g/mol. The van der Waals surface area contributed by atoms with Crippen molar-refractivity contribution in [2.45, 2.75) is 32.9 Å². The number of hydrogen-bond donors (Lipinski definition) is 0. The molecule has 1 aromatic heterocycles. The van der Waals surface area contributed by atoms with Crippen molar-refractivity contribution >= 4 is 5.97 Å². The van der Waals surface area contributed by atoms with Gasteiger partial charge in [0.1, 0.15) is 23.5 Å². The summed E-state index contributed by atoms with van der Waals surface area (Å²) in [5.41, 5.74) is -0.407. The summed E-state index contributed by atoms with van der Waals surface area (Å²) in [6.45, 7) is 6.05. The zero-order valence-corrected chi connectivity index (χ0v) is 13.5. The highest BCUT2D eigenvalue weighted by Crippen LogP contribution is 2.21. The Labute approximate surface area is 134 Å². The van der Waals surface area contributed by atoms with E-state index in [1.807, 2.05) is 20.8 Å². The van der Waals surface area contributed by atoms with E-state index in [1.165, 1.54) is 17.0 Å². The van der Waals surface area contributed by atoms with Crippen molar-refractivity contribution in [1.29, 1.82) is 0 Å². The first-order valence-electron chi connectivity index (χ1n) is 7.32. The van der Waals surface area contributed by atoms with Crippen molar-refractivity contribution in [2.75, 3.05) is 6.61 Å². The molecule has 2 rings (SSSR count). The third kappa shape index (κ3) is 4.95. The largest absolute Gasteiger partial charge is 0.491 e. The molecule has 0 spiro atoms. The van der Waals surface area contributed by atoms with Crippen molar-refractivity contribution < 1.29 is 14.3 Å². The van der Waals surface area contributed by atoms with Crippen LogP contribution in [0.5, 0.6) is 5.75 Å². The lowest BCUT2D eigenvalue weighted by molar-refractivity contribution is 0.00657. The molecule has 1 aromatic carbocycles. The molecule has 1 heterocycles. The van der Waals surface area contributed by atoms with Gasteiger partial charge in [-0.25, -0.2) is 4.79 Å². The summed E-state index contributed by atoms with van der Waals surface area (Å²) in [5.74, 6) is -0.00182. The van der Waals surface area contributed by atoms with Gasteiger partial charge in [0.05, 0.1) is 12.7 Å². The van der Waals surface area contributed by atoms with Gasteiger partial charge in [-0.2, -0.15) is 0 Å². The number of para-hydroxylation sites is 1. The summed E-state index contributed by atoms with van der Waals surface area (Å²) in [5, 5.41) is 0. The lowest BCUT2D eigenvalue weighted by Crippen LogP contribution is -2.25. The molecule has 0 bridgehead atoms. The minimum Gasteiger partial charge on any atom is -0.491 e. The number of aromatic nitrogens is 2. The number of esters is 1. The average molecular weight is 316 g/mol. The van der Waals surface area contributed by atoms with Crippen LogP contribution in [0.1, 0.15) is 31.1 Å². The fourth-order valence-corrected chi connectivity index (χ4v) is 1.91.